The number of carbonyl (C=O) groups is 1. The third-order valence-corrected chi connectivity index (χ3v) is 8.15. The molecule has 1 fully saturated rings. The fraction of sp³-hybridized carbons (Fsp3) is 0.464. The fourth-order valence-electron chi connectivity index (χ4n) is 4.89. The van der Waals surface area contributed by atoms with E-state index in [4.69, 9.17) is 9.94 Å². The molecule has 2 N–H and O–H groups in total. The van der Waals surface area contributed by atoms with Crippen LogP contribution in [-0.2, 0) is 16.1 Å². The van der Waals surface area contributed by atoms with Crippen LogP contribution in [0.4, 0.5) is 0 Å². The maximum absolute atomic E-state index is 11.5. The lowest BCUT2D eigenvalue weighted by Gasteiger charge is -2.43. The standard InChI is InChI=1S/C28H38N4O3S/c1-28(2,21-35-3)31-18-16-30(17-19-31)20-22-4-6-23(7-5-22)24-8-10-26(11-9-24)36-32-14-12-25(13-15-32)27(33)29-34/h4-12,34H,13-21H2,1-3H3,(H,29,33). The number of hydrogen-bond donors (Lipinski definition) is 2. The summed E-state index contributed by atoms with van der Waals surface area (Å²) in [5.74, 6) is -0.403. The van der Waals surface area contributed by atoms with Crippen LogP contribution in [0.1, 0.15) is 25.8 Å². The Morgan fingerprint density at radius 1 is 1.00 bits per heavy atom. The molecule has 0 aromatic heterocycles. The summed E-state index contributed by atoms with van der Waals surface area (Å²) in [5, 5.41) is 8.78. The summed E-state index contributed by atoms with van der Waals surface area (Å²) in [5.41, 5.74) is 6.22. The van der Waals surface area contributed by atoms with Gasteiger partial charge < -0.3 is 4.74 Å². The zero-order valence-corrected chi connectivity index (χ0v) is 22.4. The molecule has 36 heavy (non-hydrogen) atoms. The number of rotatable bonds is 9. The molecule has 1 saturated heterocycles. The van der Waals surface area contributed by atoms with Gasteiger partial charge in [0.15, 0.2) is 0 Å². The number of methoxy groups -OCH3 is 1. The number of nitrogens with zero attached hydrogens (tertiary/aromatic N) is 3. The zero-order chi connectivity index (χ0) is 25.5. The van der Waals surface area contributed by atoms with Gasteiger partial charge in [-0.25, -0.2) is 9.79 Å². The first-order valence-electron chi connectivity index (χ1n) is 12.6. The smallest absolute Gasteiger partial charge is 0.270 e. The Labute approximate surface area is 219 Å². The predicted molar refractivity (Wildman–Crippen MR) is 145 cm³/mol. The van der Waals surface area contributed by atoms with Gasteiger partial charge in [0.2, 0.25) is 0 Å². The number of ether oxygens (including phenoxy) is 1. The molecular weight excluding hydrogens is 472 g/mol. The van der Waals surface area contributed by atoms with Crippen molar-refractivity contribution in [2.45, 2.75) is 37.2 Å². The number of amides is 1. The Kier molecular flexibility index (Phi) is 9.22. The van der Waals surface area contributed by atoms with Gasteiger partial charge in [-0.3, -0.25) is 19.8 Å². The van der Waals surface area contributed by atoms with E-state index >= 15 is 0 Å². The second-order valence-corrected chi connectivity index (χ2v) is 11.3. The molecule has 2 aliphatic rings. The van der Waals surface area contributed by atoms with Crippen molar-refractivity contribution in [1.82, 2.24) is 19.6 Å². The second-order valence-electron chi connectivity index (χ2n) is 10.1. The average Bonchev–Trinajstić information content (AvgIpc) is 2.90. The van der Waals surface area contributed by atoms with Crippen molar-refractivity contribution in [2.24, 2.45) is 0 Å². The lowest BCUT2D eigenvalue weighted by Crippen LogP contribution is -2.56. The minimum atomic E-state index is -0.403. The Bertz CT molecular complexity index is 1030. The molecule has 7 nitrogen and oxygen atoms in total. The number of nitrogens with one attached hydrogen (secondary N) is 1. The van der Waals surface area contributed by atoms with Crippen LogP contribution in [0.3, 0.4) is 0 Å². The van der Waals surface area contributed by atoms with E-state index in [0.717, 1.165) is 45.9 Å². The van der Waals surface area contributed by atoms with E-state index in [-0.39, 0.29) is 5.54 Å². The van der Waals surface area contributed by atoms with Crippen molar-refractivity contribution in [3.63, 3.8) is 0 Å². The molecule has 0 atom stereocenters. The molecule has 0 unspecified atom stereocenters. The van der Waals surface area contributed by atoms with Gasteiger partial charge in [-0.2, -0.15) is 0 Å². The van der Waals surface area contributed by atoms with Crippen molar-refractivity contribution >= 4 is 17.9 Å². The largest absolute Gasteiger partial charge is 0.383 e. The van der Waals surface area contributed by atoms with E-state index < -0.39 is 5.91 Å². The number of piperazine rings is 1. The molecule has 8 heteroatoms. The van der Waals surface area contributed by atoms with Crippen LogP contribution in [0.2, 0.25) is 0 Å². The van der Waals surface area contributed by atoms with Crippen LogP contribution in [-0.4, -0.2) is 83.7 Å². The van der Waals surface area contributed by atoms with Gasteiger partial charge in [0.25, 0.3) is 5.91 Å². The van der Waals surface area contributed by atoms with Crippen LogP contribution in [0.15, 0.2) is 65.1 Å². The molecule has 4 rings (SSSR count). The zero-order valence-electron chi connectivity index (χ0n) is 21.6. The highest BCUT2D eigenvalue weighted by molar-refractivity contribution is 7.97. The quantitative estimate of drug-likeness (QED) is 0.300. The molecular formula is C28H38N4O3S. The third kappa shape index (κ3) is 6.97. The Morgan fingerprint density at radius 3 is 2.19 bits per heavy atom. The van der Waals surface area contributed by atoms with Crippen molar-refractivity contribution < 1.29 is 14.7 Å². The summed E-state index contributed by atoms with van der Waals surface area (Å²) in [6.45, 7) is 12.0. The lowest BCUT2D eigenvalue weighted by molar-refractivity contribution is -0.125. The summed E-state index contributed by atoms with van der Waals surface area (Å²) in [7, 11) is 1.78. The number of hydroxylamine groups is 1. The lowest BCUT2D eigenvalue weighted by atomic mass is 10.0. The van der Waals surface area contributed by atoms with E-state index in [2.05, 4.69) is 76.5 Å². The van der Waals surface area contributed by atoms with Crippen LogP contribution >= 0.6 is 11.9 Å². The van der Waals surface area contributed by atoms with Gasteiger partial charge in [0, 0.05) is 68.9 Å². The van der Waals surface area contributed by atoms with E-state index in [1.165, 1.54) is 21.6 Å². The summed E-state index contributed by atoms with van der Waals surface area (Å²) < 4.78 is 7.62. The van der Waals surface area contributed by atoms with Crippen molar-refractivity contribution in [2.75, 3.05) is 53.0 Å². The number of carbonyl (C=O) groups excluding carboxylic acids is 1. The minimum absolute atomic E-state index is 0.0867. The van der Waals surface area contributed by atoms with Gasteiger partial charge in [-0.15, -0.1) is 0 Å². The average molecular weight is 511 g/mol. The van der Waals surface area contributed by atoms with Crippen LogP contribution in [0.25, 0.3) is 11.1 Å². The SMILES string of the molecule is COCC(C)(C)N1CCN(Cc2ccc(-c3ccc(SN4CC=C(C(=O)NO)CC4)cc3)cc2)CC1. The predicted octanol–water partition coefficient (Wildman–Crippen LogP) is 4.04. The summed E-state index contributed by atoms with van der Waals surface area (Å²) in [4.78, 5) is 17.8. The van der Waals surface area contributed by atoms with Crippen LogP contribution in [0, 0.1) is 0 Å². The molecule has 0 radical (unpaired) electrons. The molecule has 0 saturated carbocycles. The highest BCUT2D eigenvalue weighted by Crippen LogP contribution is 2.29. The monoisotopic (exact) mass is 510 g/mol. The van der Waals surface area contributed by atoms with Gasteiger partial charge in [0.05, 0.1) is 6.61 Å². The van der Waals surface area contributed by atoms with E-state index in [1.54, 1.807) is 24.5 Å². The maximum Gasteiger partial charge on any atom is 0.270 e. The third-order valence-electron chi connectivity index (χ3n) is 7.07. The van der Waals surface area contributed by atoms with Gasteiger partial charge >= 0.3 is 0 Å². The molecule has 2 heterocycles. The van der Waals surface area contributed by atoms with Gasteiger partial charge in [-0.1, -0.05) is 42.5 Å². The number of benzene rings is 2. The molecule has 0 aliphatic carbocycles. The molecule has 194 valence electrons. The summed E-state index contributed by atoms with van der Waals surface area (Å²) in [6, 6.07) is 17.6. The Morgan fingerprint density at radius 2 is 1.64 bits per heavy atom. The van der Waals surface area contributed by atoms with Gasteiger partial charge in [-0.05, 0) is 61.0 Å². The fourth-order valence-corrected chi connectivity index (χ4v) is 5.77. The van der Waals surface area contributed by atoms with Crippen molar-refractivity contribution in [3.8, 4) is 11.1 Å². The molecule has 1 amide bonds. The summed E-state index contributed by atoms with van der Waals surface area (Å²) >= 11 is 1.69. The van der Waals surface area contributed by atoms with Gasteiger partial charge in [0.1, 0.15) is 0 Å². The summed E-state index contributed by atoms with van der Waals surface area (Å²) in [6.07, 6.45) is 2.51. The Balaban J connectivity index is 1.27. The first-order chi connectivity index (χ1) is 17.4. The molecule has 2 aromatic rings. The van der Waals surface area contributed by atoms with Crippen molar-refractivity contribution in [3.05, 3.63) is 65.7 Å². The molecule has 0 bridgehead atoms. The second kappa shape index (κ2) is 12.4. The molecule has 0 spiro atoms. The van der Waals surface area contributed by atoms with E-state index in [1.807, 2.05) is 6.08 Å². The first kappa shape index (κ1) is 26.9. The van der Waals surface area contributed by atoms with E-state index in [0.29, 0.717) is 18.5 Å². The normalized spacial score (nSPS) is 18.2. The molecule has 2 aliphatic heterocycles. The first-order valence-corrected chi connectivity index (χ1v) is 13.4. The van der Waals surface area contributed by atoms with E-state index in [9.17, 15) is 4.79 Å². The highest BCUT2D eigenvalue weighted by Gasteiger charge is 2.29. The Hall–Kier alpha value is -2.20. The topological polar surface area (TPSA) is 68.3 Å². The molecule has 2 aromatic carbocycles. The minimum Gasteiger partial charge on any atom is -0.383 e. The number of hydrogen-bond acceptors (Lipinski definition) is 7. The van der Waals surface area contributed by atoms with Crippen LogP contribution < -0.4 is 5.48 Å². The highest BCUT2D eigenvalue weighted by atomic mass is 32.2. The van der Waals surface area contributed by atoms with Crippen LogP contribution in [0.5, 0.6) is 0 Å². The maximum atomic E-state index is 11.5. The van der Waals surface area contributed by atoms with Crippen molar-refractivity contribution in [1.29, 1.82) is 0 Å².